The highest BCUT2D eigenvalue weighted by molar-refractivity contribution is 5.72. The first-order valence-corrected chi connectivity index (χ1v) is 11.5. The maximum absolute atomic E-state index is 12.1. The second kappa shape index (κ2) is 10.5. The lowest BCUT2D eigenvalue weighted by molar-refractivity contribution is -0.142. The van der Waals surface area contributed by atoms with Crippen molar-refractivity contribution >= 4 is 5.97 Å². The molecule has 1 aliphatic rings. The van der Waals surface area contributed by atoms with Gasteiger partial charge in [0.1, 0.15) is 0 Å². The zero-order chi connectivity index (χ0) is 22.3. The molecule has 168 valence electrons. The fraction of sp³-hybridized carbons (Fsp3) is 0.440. The first kappa shape index (κ1) is 22.1. The van der Waals surface area contributed by atoms with E-state index in [1.807, 2.05) is 19.1 Å². The number of piperidine rings is 1. The van der Waals surface area contributed by atoms with Crippen LogP contribution < -0.4 is 5.32 Å². The van der Waals surface area contributed by atoms with Crippen molar-refractivity contribution < 1.29 is 9.90 Å². The van der Waals surface area contributed by atoms with Crippen LogP contribution in [0.5, 0.6) is 0 Å². The quantitative estimate of drug-likeness (QED) is 0.468. The molecule has 2 heterocycles. The van der Waals surface area contributed by atoms with Gasteiger partial charge in [-0.3, -0.25) is 4.79 Å². The van der Waals surface area contributed by atoms with Gasteiger partial charge in [0.25, 0.3) is 0 Å². The molecule has 1 aromatic heterocycles. The van der Waals surface area contributed by atoms with Gasteiger partial charge in [0.2, 0.25) is 0 Å². The van der Waals surface area contributed by atoms with E-state index in [1.165, 1.54) is 18.4 Å². The smallest absolute Gasteiger partial charge is 0.307 e. The monoisotopic (exact) mass is 433 g/mol. The first-order valence-electron chi connectivity index (χ1n) is 11.5. The highest BCUT2D eigenvalue weighted by Gasteiger charge is 2.32. The molecule has 7 heteroatoms. The van der Waals surface area contributed by atoms with Crippen LogP contribution in [0.4, 0.5) is 0 Å². The van der Waals surface area contributed by atoms with E-state index in [-0.39, 0.29) is 5.92 Å². The van der Waals surface area contributed by atoms with Gasteiger partial charge in [0, 0.05) is 5.92 Å². The largest absolute Gasteiger partial charge is 0.481 e. The van der Waals surface area contributed by atoms with Crippen molar-refractivity contribution in [2.45, 2.75) is 50.9 Å². The Morgan fingerprint density at radius 1 is 1.12 bits per heavy atom. The number of nitrogens with one attached hydrogen (secondary N) is 2. The van der Waals surface area contributed by atoms with Crippen molar-refractivity contribution in [3.05, 3.63) is 65.5 Å². The summed E-state index contributed by atoms with van der Waals surface area (Å²) in [5, 5.41) is 27.8. The summed E-state index contributed by atoms with van der Waals surface area (Å²) in [6.45, 7) is 4.16. The minimum Gasteiger partial charge on any atom is -0.481 e. The van der Waals surface area contributed by atoms with Crippen molar-refractivity contribution in [1.82, 2.24) is 25.9 Å². The Hall–Kier alpha value is -3.06. The average Bonchev–Trinajstić information content (AvgIpc) is 3.37. The van der Waals surface area contributed by atoms with E-state index in [0.29, 0.717) is 24.6 Å². The predicted octanol–water partition coefficient (Wildman–Crippen LogP) is 4.16. The van der Waals surface area contributed by atoms with E-state index in [2.05, 4.69) is 62.3 Å². The summed E-state index contributed by atoms with van der Waals surface area (Å²) in [7, 11) is 0. The number of benzene rings is 2. The van der Waals surface area contributed by atoms with Crippen LogP contribution in [0.1, 0.15) is 61.4 Å². The van der Waals surface area contributed by atoms with Gasteiger partial charge >= 0.3 is 5.97 Å². The second-order valence-corrected chi connectivity index (χ2v) is 8.62. The molecule has 1 saturated heterocycles. The van der Waals surface area contributed by atoms with Gasteiger partial charge in [-0.05, 0) is 66.9 Å². The van der Waals surface area contributed by atoms with Crippen LogP contribution in [0.2, 0.25) is 0 Å². The molecular weight excluding hydrogens is 402 g/mol. The Balaban J connectivity index is 1.62. The number of rotatable bonds is 9. The number of carboxylic acid groups (broad SMARTS) is 1. The van der Waals surface area contributed by atoms with E-state index >= 15 is 0 Å². The summed E-state index contributed by atoms with van der Waals surface area (Å²) in [4.78, 5) is 12.1. The van der Waals surface area contributed by atoms with Crippen LogP contribution in [-0.2, 0) is 11.2 Å². The highest BCUT2D eigenvalue weighted by atomic mass is 16.4. The first-order chi connectivity index (χ1) is 15.7. The lowest BCUT2D eigenvalue weighted by Gasteiger charge is -2.24. The predicted molar refractivity (Wildman–Crippen MR) is 123 cm³/mol. The molecule has 0 aliphatic carbocycles. The summed E-state index contributed by atoms with van der Waals surface area (Å²) in [6, 6.07) is 17.1. The van der Waals surface area contributed by atoms with E-state index in [4.69, 9.17) is 0 Å². The van der Waals surface area contributed by atoms with Crippen LogP contribution in [0.3, 0.4) is 0 Å². The van der Waals surface area contributed by atoms with Crippen LogP contribution in [0, 0.1) is 5.92 Å². The van der Waals surface area contributed by atoms with E-state index in [9.17, 15) is 9.90 Å². The fourth-order valence-electron chi connectivity index (χ4n) is 4.85. The van der Waals surface area contributed by atoms with Crippen molar-refractivity contribution in [1.29, 1.82) is 0 Å². The number of aromatic nitrogens is 4. The number of hydrogen-bond donors (Lipinski definition) is 3. The molecule has 4 rings (SSSR count). The minimum atomic E-state index is -0.814. The van der Waals surface area contributed by atoms with E-state index in [0.717, 1.165) is 36.2 Å². The van der Waals surface area contributed by atoms with Crippen LogP contribution >= 0.6 is 0 Å². The van der Waals surface area contributed by atoms with Crippen LogP contribution in [-0.4, -0.2) is 44.8 Å². The molecule has 0 bridgehead atoms. The topological polar surface area (TPSA) is 104 Å². The van der Waals surface area contributed by atoms with Gasteiger partial charge in [-0.2, -0.15) is 5.21 Å². The molecule has 0 saturated carbocycles. The number of carboxylic acids is 1. The Kier molecular flexibility index (Phi) is 7.27. The Morgan fingerprint density at radius 2 is 1.88 bits per heavy atom. The van der Waals surface area contributed by atoms with E-state index < -0.39 is 11.9 Å². The number of nitrogens with zero attached hydrogens (tertiary/aromatic N) is 3. The normalized spacial score (nSPS) is 16.5. The second-order valence-electron chi connectivity index (χ2n) is 8.62. The van der Waals surface area contributed by atoms with Gasteiger partial charge in [0.05, 0.1) is 5.92 Å². The lowest BCUT2D eigenvalue weighted by Crippen LogP contribution is -2.26. The Bertz CT molecular complexity index is 997. The maximum atomic E-state index is 12.1. The van der Waals surface area contributed by atoms with Crippen molar-refractivity contribution in [2.24, 2.45) is 5.92 Å². The summed E-state index contributed by atoms with van der Waals surface area (Å²) in [5.74, 6) is -0.643. The number of carbonyl (C=O) groups is 1. The third-order valence-electron chi connectivity index (χ3n) is 6.59. The summed E-state index contributed by atoms with van der Waals surface area (Å²) in [6.07, 6.45) is 4.25. The molecule has 32 heavy (non-hydrogen) atoms. The number of hydrogen-bond acceptors (Lipinski definition) is 5. The van der Waals surface area contributed by atoms with Crippen molar-refractivity contribution in [2.75, 3.05) is 13.1 Å². The standard InChI is InChI=1S/C25H31N5O2/c1-2-5-22(25(31)32)23(24-27-29-30-28-24)16-20-6-3-4-7-21(20)19-10-8-17(9-11-19)18-12-14-26-15-13-18/h3-4,6-11,18,22-23,26H,2,5,12-16H2,1H3,(H,31,32)(H,27,28,29,30)/t22-,23-/m0/s1. The van der Waals surface area contributed by atoms with Gasteiger partial charge in [0.15, 0.2) is 5.82 Å². The number of aromatic amines is 1. The number of H-pyrrole nitrogens is 1. The number of aliphatic carboxylic acids is 1. The van der Waals surface area contributed by atoms with Gasteiger partial charge in [-0.25, -0.2) is 0 Å². The molecule has 3 aromatic rings. The highest BCUT2D eigenvalue weighted by Crippen LogP contribution is 2.34. The molecule has 7 nitrogen and oxygen atoms in total. The number of tetrazole rings is 1. The van der Waals surface area contributed by atoms with Gasteiger partial charge in [-0.15, -0.1) is 10.2 Å². The molecule has 3 N–H and O–H groups in total. The zero-order valence-corrected chi connectivity index (χ0v) is 18.5. The molecule has 0 spiro atoms. The van der Waals surface area contributed by atoms with Crippen LogP contribution in [0.25, 0.3) is 11.1 Å². The third kappa shape index (κ3) is 5.05. The fourth-order valence-corrected chi connectivity index (χ4v) is 4.85. The summed E-state index contributed by atoms with van der Waals surface area (Å²) < 4.78 is 0. The summed E-state index contributed by atoms with van der Waals surface area (Å²) >= 11 is 0. The Labute approximate surface area is 188 Å². The average molecular weight is 434 g/mol. The van der Waals surface area contributed by atoms with Gasteiger partial charge < -0.3 is 10.4 Å². The lowest BCUT2D eigenvalue weighted by atomic mass is 9.81. The summed E-state index contributed by atoms with van der Waals surface area (Å²) in [5.41, 5.74) is 4.76. The third-order valence-corrected chi connectivity index (χ3v) is 6.59. The Morgan fingerprint density at radius 3 is 2.53 bits per heavy atom. The molecule has 1 fully saturated rings. The maximum Gasteiger partial charge on any atom is 0.307 e. The van der Waals surface area contributed by atoms with Crippen LogP contribution in [0.15, 0.2) is 48.5 Å². The van der Waals surface area contributed by atoms with Gasteiger partial charge in [-0.1, -0.05) is 67.1 Å². The molecule has 2 aromatic carbocycles. The molecule has 1 aliphatic heterocycles. The molecule has 2 atom stereocenters. The SMILES string of the molecule is CCC[C@H](C(=O)O)[C@H](Cc1ccccc1-c1ccc(C2CCNCC2)cc1)c1nn[nH]n1. The minimum absolute atomic E-state index is 0.346. The van der Waals surface area contributed by atoms with Crippen molar-refractivity contribution in [3.63, 3.8) is 0 Å². The van der Waals surface area contributed by atoms with E-state index in [1.54, 1.807) is 0 Å². The molecule has 0 radical (unpaired) electrons. The molecular formula is C25H31N5O2. The zero-order valence-electron chi connectivity index (χ0n) is 18.5. The molecule has 0 amide bonds. The van der Waals surface area contributed by atoms with Crippen molar-refractivity contribution in [3.8, 4) is 11.1 Å². The molecule has 0 unspecified atom stereocenters.